The quantitative estimate of drug-likeness (QED) is 0.522. The molecule has 61 valence electrons. The van der Waals surface area contributed by atoms with E-state index in [4.69, 9.17) is 0 Å². The molecule has 0 unspecified atom stereocenters. The van der Waals surface area contributed by atoms with Gasteiger partial charge in [-0.25, -0.2) is 4.98 Å². The van der Waals surface area contributed by atoms with E-state index < -0.39 is 0 Å². The molecule has 0 aliphatic rings. The number of thiazole rings is 1. The summed E-state index contributed by atoms with van der Waals surface area (Å²) in [5.74, 6) is 0. The van der Waals surface area contributed by atoms with E-state index in [0.717, 1.165) is 5.52 Å². The molecule has 0 aliphatic heterocycles. The highest BCUT2D eigenvalue weighted by Gasteiger charge is 1.98. The molecular weight excluding hydrogens is 178 g/mol. The minimum absolute atomic E-state index is 1.05. The maximum absolute atomic E-state index is 4.16. The minimum atomic E-state index is 1.05. The van der Waals surface area contributed by atoms with Crippen LogP contribution < -0.4 is 0 Å². The van der Waals surface area contributed by atoms with Gasteiger partial charge in [-0.2, -0.15) is 0 Å². The Morgan fingerprint density at radius 3 is 2.69 bits per heavy atom. The molecule has 0 bridgehead atoms. The first kappa shape index (κ1) is 7.04. The molecule has 1 heterocycles. The van der Waals surface area contributed by atoms with Crippen molar-refractivity contribution in [2.75, 3.05) is 0 Å². The molecule has 3 aromatic rings. The fourth-order valence-corrected chi connectivity index (χ4v) is 2.14. The van der Waals surface area contributed by atoms with Crippen molar-refractivity contribution in [3.8, 4) is 0 Å². The summed E-state index contributed by atoms with van der Waals surface area (Å²) in [6.07, 6.45) is 0. The normalized spacial score (nSPS) is 11.1. The number of fused-ring (bicyclic) bond motifs is 2. The molecule has 3 rings (SSSR count). The summed E-state index contributed by atoms with van der Waals surface area (Å²) in [6.45, 7) is 0. The highest BCUT2D eigenvalue weighted by molar-refractivity contribution is 7.16. The van der Waals surface area contributed by atoms with Gasteiger partial charge in [0.15, 0.2) is 5.51 Å². The van der Waals surface area contributed by atoms with Gasteiger partial charge in [0, 0.05) is 0 Å². The van der Waals surface area contributed by atoms with Crippen molar-refractivity contribution in [2.45, 2.75) is 0 Å². The van der Waals surface area contributed by atoms with E-state index in [1.54, 1.807) is 11.3 Å². The van der Waals surface area contributed by atoms with Crippen molar-refractivity contribution in [1.29, 1.82) is 0 Å². The van der Waals surface area contributed by atoms with Crippen molar-refractivity contribution in [2.24, 2.45) is 0 Å². The lowest BCUT2D eigenvalue weighted by atomic mass is 10.1. The van der Waals surface area contributed by atoms with Crippen LogP contribution in [0.1, 0.15) is 0 Å². The van der Waals surface area contributed by atoms with Gasteiger partial charge in [0.05, 0.1) is 10.2 Å². The monoisotopic (exact) mass is 184 g/mol. The molecule has 13 heavy (non-hydrogen) atoms. The molecule has 0 amide bonds. The summed E-state index contributed by atoms with van der Waals surface area (Å²) in [4.78, 5) is 4.16. The number of aromatic nitrogens is 1. The largest absolute Gasteiger partial charge is 0.233 e. The second-order valence-corrected chi connectivity index (χ2v) is 3.80. The Kier molecular flexibility index (Phi) is 1.37. The van der Waals surface area contributed by atoms with Gasteiger partial charge in [-0.15, -0.1) is 11.3 Å². The smallest absolute Gasteiger partial charge is 0.153 e. The van der Waals surface area contributed by atoms with Crippen LogP contribution in [0.3, 0.4) is 0 Å². The van der Waals surface area contributed by atoms with Crippen LogP contribution >= 0.6 is 11.3 Å². The zero-order valence-corrected chi connectivity index (χ0v) is 7.64. The third kappa shape index (κ3) is 1.03. The summed E-state index contributed by atoms with van der Waals surface area (Å²) in [7, 11) is 0. The standard InChI is InChI=1S/C11H6NS/c1-2-4-9-6-11-10(12-7-13-11)5-8(9)3-1/h1-6H. The summed E-state index contributed by atoms with van der Waals surface area (Å²) in [5, 5.41) is 2.52. The zero-order chi connectivity index (χ0) is 8.67. The summed E-state index contributed by atoms with van der Waals surface area (Å²) in [6, 6.07) is 12.6. The Hall–Kier alpha value is -1.41. The summed E-state index contributed by atoms with van der Waals surface area (Å²) in [5.41, 5.74) is 3.95. The second-order valence-electron chi connectivity index (χ2n) is 2.97. The van der Waals surface area contributed by atoms with Crippen molar-refractivity contribution >= 4 is 32.3 Å². The molecule has 0 spiro atoms. The molecule has 0 N–H and O–H groups in total. The number of rotatable bonds is 0. The Balaban J connectivity index is 2.57. The van der Waals surface area contributed by atoms with Crippen LogP contribution in [0.4, 0.5) is 0 Å². The molecule has 2 heteroatoms. The maximum Gasteiger partial charge on any atom is 0.153 e. The average molecular weight is 184 g/mol. The van der Waals surface area contributed by atoms with Gasteiger partial charge in [0.25, 0.3) is 0 Å². The Morgan fingerprint density at radius 2 is 1.85 bits per heavy atom. The van der Waals surface area contributed by atoms with Crippen LogP contribution in [-0.2, 0) is 0 Å². The molecule has 0 fully saturated rings. The molecular formula is C11H6NS. The number of nitrogens with zero attached hydrogens (tertiary/aromatic N) is 1. The number of hydrogen-bond acceptors (Lipinski definition) is 2. The highest BCUT2D eigenvalue weighted by Crippen LogP contribution is 2.23. The first-order valence-electron chi connectivity index (χ1n) is 4.09. The molecule has 0 saturated heterocycles. The lowest BCUT2D eigenvalue weighted by molar-refractivity contribution is 1.49. The molecule has 1 nitrogen and oxygen atoms in total. The van der Waals surface area contributed by atoms with Gasteiger partial charge in [0.1, 0.15) is 0 Å². The van der Waals surface area contributed by atoms with E-state index in [2.05, 4.69) is 40.8 Å². The first-order valence-corrected chi connectivity index (χ1v) is 4.90. The minimum Gasteiger partial charge on any atom is -0.233 e. The molecule has 0 aliphatic carbocycles. The van der Waals surface area contributed by atoms with Crippen LogP contribution in [0.25, 0.3) is 21.0 Å². The SMILES string of the molecule is [c]1nc2cc3ccccc3cc2s1. The lowest BCUT2D eigenvalue weighted by Gasteiger charge is -1.95. The van der Waals surface area contributed by atoms with Gasteiger partial charge in [0.2, 0.25) is 0 Å². The summed E-state index contributed by atoms with van der Waals surface area (Å²) < 4.78 is 1.21. The summed E-state index contributed by atoms with van der Waals surface area (Å²) >= 11 is 1.57. The van der Waals surface area contributed by atoms with Crippen LogP contribution in [0.5, 0.6) is 0 Å². The fraction of sp³-hybridized carbons (Fsp3) is 0. The zero-order valence-electron chi connectivity index (χ0n) is 6.82. The average Bonchev–Trinajstić information content (AvgIpc) is 2.61. The van der Waals surface area contributed by atoms with Crippen molar-refractivity contribution in [3.63, 3.8) is 0 Å². The van der Waals surface area contributed by atoms with Crippen LogP contribution in [-0.4, -0.2) is 4.98 Å². The molecule has 1 radical (unpaired) electrons. The van der Waals surface area contributed by atoms with Gasteiger partial charge in [-0.05, 0) is 22.9 Å². The Bertz CT molecular complexity index is 519. The lowest BCUT2D eigenvalue weighted by Crippen LogP contribution is -1.71. The Morgan fingerprint density at radius 1 is 1.08 bits per heavy atom. The fourth-order valence-electron chi connectivity index (χ4n) is 1.50. The third-order valence-corrected chi connectivity index (χ3v) is 2.88. The van der Waals surface area contributed by atoms with Crippen molar-refractivity contribution in [1.82, 2.24) is 4.98 Å². The predicted octanol–water partition coefficient (Wildman–Crippen LogP) is 3.25. The van der Waals surface area contributed by atoms with E-state index >= 15 is 0 Å². The molecule has 0 saturated carbocycles. The first-order chi connectivity index (χ1) is 6.43. The van der Waals surface area contributed by atoms with E-state index in [1.807, 2.05) is 6.07 Å². The van der Waals surface area contributed by atoms with Gasteiger partial charge >= 0.3 is 0 Å². The number of benzene rings is 2. The van der Waals surface area contributed by atoms with E-state index in [1.165, 1.54) is 15.5 Å². The van der Waals surface area contributed by atoms with Crippen LogP contribution in [0.2, 0.25) is 0 Å². The maximum atomic E-state index is 4.16. The second kappa shape index (κ2) is 2.54. The third-order valence-electron chi connectivity index (χ3n) is 2.15. The molecule has 0 atom stereocenters. The van der Waals surface area contributed by atoms with Crippen LogP contribution in [0.15, 0.2) is 36.4 Å². The predicted molar refractivity (Wildman–Crippen MR) is 56.0 cm³/mol. The number of hydrogen-bond donors (Lipinski definition) is 0. The van der Waals surface area contributed by atoms with Crippen molar-refractivity contribution < 1.29 is 0 Å². The van der Waals surface area contributed by atoms with E-state index in [-0.39, 0.29) is 0 Å². The van der Waals surface area contributed by atoms with Gasteiger partial charge in [-0.3, -0.25) is 0 Å². The molecule has 1 aromatic heterocycles. The molecule has 2 aromatic carbocycles. The van der Waals surface area contributed by atoms with Crippen molar-refractivity contribution in [3.05, 3.63) is 41.9 Å². The topological polar surface area (TPSA) is 12.9 Å². The Labute approximate surface area is 79.7 Å². The highest BCUT2D eigenvalue weighted by atomic mass is 32.1. The van der Waals surface area contributed by atoms with E-state index in [9.17, 15) is 0 Å². The van der Waals surface area contributed by atoms with Gasteiger partial charge in [-0.1, -0.05) is 24.3 Å². The van der Waals surface area contributed by atoms with Crippen LogP contribution in [0, 0.1) is 5.51 Å². The van der Waals surface area contributed by atoms with E-state index in [0.29, 0.717) is 0 Å². The van der Waals surface area contributed by atoms with Gasteiger partial charge < -0.3 is 0 Å².